The molecule has 0 saturated heterocycles. The summed E-state index contributed by atoms with van der Waals surface area (Å²) in [6.07, 6.45) is 1.27. The predicted molar refractivity (Wildman–Crippen MR) is 148 cm³/mol. The molecule has 0 heterocycles. The molecule has 4 aromatic rings. The maximum absolute atomic E-state index is 13.7. The minimum absolute atomic E-state index is 0.124. The van der Waals surface area contributed by atoms with Crippen LogP contribution in [0.25, 0.3) is 0 Å². The third-order valence-corrected chi connectivity index (χ3v) is 5.54. The number of nitrogens with zero attached hydrogens (tertiary/aromatic N) is 1. The molecule has 3 amide bonds. The minimum atomic E-state index is -1.07. The number of anilines is 2. The van der Waals surface area contributed by atoms with E-state index in [2.05, 4.69) is 21.2 Å². The molecule has 9 nitrogen and oxygen atoms in total. The molecule has 0 radical (unpaired) electrons. The van der Waals surface area contributed by atoms with Gasteiger partial charge in [0.25, 0.3) is 5.91 Å². The minimum Gasteiger partial charge on any atom is -0.423 e. The van der Waals surface area contributed by atoms with Crippen LogP contribution >= 0.6 is 11.6 Å². The molecule has 200 valence electrons. The number of hydrogen-bond acceptors (Lipinski definition) is 6. The number of benzene rings is 4. The first kappa shape index (κ1) is 27.7. The lowest BCUT2D eigenvalue weighted by atomic mass is 10.1. The van der Waals surface area contributed by atoms with E-state index in [1.807, 2.05) is 0 Å². The first-order valence-corrected chi connectivity index (χ1v) is 12.0. The summed E-state index contributed by atoms with van der Waals surface area (Å²) in [5, 5.41) is 9.34. The summed E-state index contributed by atoms with van der Waals surface area (Å²) in [4.78, 5) is 49.5. The molecule has 4 rings (SSSR count). The molecule has 0 aliphatic heterocycles. The van der Waals surface area contributed by atoms with Crippen LogP contribution in [0.5, 0.6) is 5.75 Å². The van der Waals surface area contributed by atoms with Crippen LogP contribution in [0.2, 0.25) is 5.02 Å². The molecule has 4 aromatic carbocycles. The lowest BCUT2D eigenvalue weighted by Gasteiger charge is -2.11. The first-order chi connectivity index (χ1) is 19.3. The Hall–Kier alpha value is -5.35. The SMILES string of the molecule is O=C(N/N=C/c1ccc(OC(=O)c2ccccc2F)cc1)C(=O)Nc1ccccc1C(=O)Nc1ccc(Cl)cc1. The third-order valence-electron chi connectivity index (χ3n) is 5.29. The highest BCUT2D eigenvalue weighted by molar-refractivity contribution is 6.40. The Kier molecular flexibility index (Phi) is 8.95. The van der Waals surface area contributed by atoms with Gasteiger partial charge in [-0.2, -0.15) is 5.10 Å². The van der Waals surface area contributed by atoms with Crippen molar-refractivity contribution in [2.75, 3.05) is 10.6 Å². The fraction of sp³-hybridized carbons (Fsp3) is 0. The van der Waals surface area contributed by atoms with Crippen LogP contribution in [-0.2, 0) is 9.59 Å². The van der Waals surface area contributed by atoms with Crippen molar-refractivity contribution in [1.29, 1.82) is 0 Å². The first-order valence-electron chi connectivity index (χ1n) is 11.7. The molecule has 0 atom stereocenters. The molecule has 40 heavy (non-hydrogen) atoms. The van der Waals surface area contributed by atoms with Crippen molar-refractivity contribution in [3.05, 3.63) is 125 Å². The van der Waals surface area contributed by atoms with Gasteiger partial charge < -0.3 is 15.4 Å². The Balaban J connectivity index is 1.31. The fourth-order valence-electron chi connectivity index (χ4n) is 3.33. The van der Waals surface area contributed by atoms with Crippen molar-refractivity contribution in [2.45, 2.75) is 0 Å². The van der Waals surface area contributed by atoms with Crippen LogP contribution < -0.4 is 20.8 Å². The van der Waals surface area contributed by atoms with E-state index in [4.69, 9.17) is 16.3 Å². The average Bonchev–Trinajstić information content (AvgIpc) is 2.95. The molecule has 0 aliphatic rings. The van der Waals surface area contributed by atoms with Gasteiger partial charge in [0.15, 0.2) is 0 Å². The van der Waals surface area contributed by atoms with Crippen LogP contribution in [0.1, 0.15) is 26.3 Å². The van der Waals surface area contributed by atoms with Crippen LogP contribution in [0.4, 0.5) is 15.8 Å². The smallest absolute Gasteiger partial charge is 0.346 e. The second kappa shape index (κ2) is 12.9. The monoisotopic (exact) mass is 558 g/mol. The quantitative estimate of drug-likeness (QED) is 0.0963. The molecule has 3 N–H and O–H groups in total. The average molecular weight is 559 g/mol. The van der Waals surface area contributed by atoms with Crippen molar-refractivity contribution in [3.8, 4) is 5.75 Å². The highest BCUT2D eigenvalue weighted by atomic mass is 35.5. The van der Waals surface area contributed by atoms with E-state index in [1.54, 1.807) is 36.4 Å². The van der Waals surface area contributed by atoms with Gasteiger partial charge in [0.05, 0.1) is 23.0 Å². The number of carbonyl (C=O) groups is 4. The molecule has 0 aromatic heterocycles. The summed E-state index contributed by atoms with van der Waals surface area (Å²) in [7, 11) is 0. The number of hydrogen-bond donors (Lipinski definition) is 3. The highest BCUT2D eigenvalue weighted by Gasteiger charge is 2.18. The number of nitrogens with one attached hydrogen (secondary N) is 3. The molecule has 0 bridgehead atoms. The number of esters is 1. The number of carbonyl (C=O) groups excluding carboxylic acids is 4. The van der Waals surface area contributed by atoms with E-state index >= 15 is 0 Å². The van der Waals surface area contributed by atoms with E-state index in [0.29, 0.717) is 16.3 Å². The van der Waals surface area contributed by atoms with Crippen LogP contribution in [-0.4, -0.2) is 29.9 Å². The van der Waals surface area contributed by atoms with Crippen molar-refractivity contribution < 1.29 is 28.3 Å². The Labute approximate surface area is 232 Å². The zero-order valence-electron chi connectivity index (χ0n) is 20.6. The van der Waals surface area contributed by atoms with Crippen molar-refractivity contribution in [2.24, 2.45) is 5.10 Å². The van der Waals surface area contributed by atoms with Gasteiger partial charge in [-0.25, -0.2) is 14.6 Å². The second-order valence-electron chi connectivity index (χ2n) is 8.10. The van der Waals surface area contributed by atoms with Gasteiger partial charge in [0, 0.05) is 10.7 Å². The zero-order chi connectivity index (χ0) is 28.5. The molecule has 0 aliphatic carbocycles. The summed E-state index contributed by atoms with van der Waals surface area (Å²) >= 11 is 5.86. The fourth-order valence-corrected chi connectivity index (χ4v) is 3.45. The molecule has 0 unspecified atom stereocenters. The Morgan fingerprint density at radius 1 is 0.750 bits per heavy atom. The van der Waals surface area contributed by atoms with Crippen LogP contribution in [0.3, 0.4) is 0 Å². The zero-order valence-corrected chi connectivity index (χ0v) is 21.3. The molecule has 0 spiro atoms. The van der Waals surface area contributed by atoms with Gasteiger partial charge >= 0.3 is 17.8 Å². The molecule has 0 saturated carbocycles. The second-order valence-corrected chi connectivity index (χ2v) is 8.53. The number of amides is 3. The predicted octanol–water partition coefficient (Wildman–Crippen LogP) is 5.04. The molecular formula is C29H20ClFN4O5. The van der Waals surface area contributed by atoms with E-state index in [9.17, 15) is 23.6 Å². The molecule has 11 heteroatoms. The number of para-hydroxylation sites is 1. The lowest BCUT2D eigenvalue weighted by molar-refractivity contribution is -0.136. The van der Waals surface area contributed by atoms with Gasteiger partial charge in [-0.3, -0.25) is 14.4 Å². The normalized spacial score (nSPS) is 10.6. The number of rotatable bonds is 7. The van der Waals surface area contributed by atoms with Gasteiger partial charge in [0.1, 0.15) is 11.6 Å². The van der Waals surface area contributed by atoms with E-state index in [1.165, 1.54) is 60.8 Å². The van der Waals surface area contributed by atoms with Gasteiger partial charge in [-0.15, -0.1) is 0 Å². The van der Waals surface area contributed by atoms with Gasteiger partial charge in [-0.05, 0) is 78.4 Å². The van der Waals surface area contributed by atoms with E-state index in [-0.39, 0.29) is 22.6 Å². The maximum atomic E-state index is 13.7. The Bertz CT molecular complexity index is 1590. The number of halogens is 2. The summed E-state index contributed by atoms with van der Waals surface area (Å²) in [6.45, 7) is 0. The van der Waals surface area contributed by atoms with E-state index < -0.39 is 29.5 Å². The topological polar surface area (TPSA) is 126 Å². The summed E-state index contributed by atoms with van der Waals surface area (Å²) in [6, 6.07) is 24.1. The summed E-state index contributed by atoms with van der Waals surface area (Å²) in [5.74, 6) is -3.98. The summed E-state index contributed by atoms with van der Waals surface area (Å²) < 4.78 is 18.9. The van der Waals surface area contributed by atoms with Crippen molar-refractivity contribution >= 4 is 52.9 Å². The Morgan fingerprint density at radius 3 is 2.10 bits per heavy atom. The van der Waals surface area contributed by atoms with Crippen molar-refractivity contribution in [3.63, 3.8) is 0 Å². The number of ether oxygens (including phenoxy) is 1. The number of hydrazone groups is 1. The molecular weight excluding hydrogens is 539 g/mol. The highest BCUT2D eigenvalue weighted by Crippen LogP contribution is 2.19. The van der Waals surface area contributed by atoms with Gasteiger partial charge in [0.2, 0.25) is 0 Å². The molecule has 0 fully saturated rings. The summed E-state index contributed by atoms with van der Waals surface area (Å²) in [5.41, 5.74) is 3.17. The maximum Gasteiger partial charge on any atom is 0.346 e. The standard InChI is InChI=1S/C29H20ClFN4O5/c30-19-11-13-20(14-12-19)33-26(36)23-6-2-4-8-25(23)34-27(37)28(38)35-32-17-18-9-15-21(16-10-18)40-29(39)22-5-1-3-7-24(22)31/h1-17H,(H,33,36)(H,34,37)(H,35,38)/b32-17+. The third kappa shape index (κ3) is 7.36. The van der Waals surface area contributed by atoms with Gasteiger partial charge in [-0.1, -0.05) is 35.9 Å². The lowest BCUT2D eigenvalue weighted by Crippen LogP contribution is -2.33. The van der Waals surface area contributed by atoms with Crippen LogP contribution in [0.15, 0.2) is 102 Å². The Morgan fingerprint density at radius 2 is 1.40 bits per heavy atom. The van der Waals surface area contributed by atoms with Crippen LogP contribution in [0, 0.1) is 5.82 Å². The van der Waals surface area contributed by atoms with Crippen molar-refractivity contribution in [1.82, 2.24) is 5.43 Å². The largest absolute Gasteiger partial charge is 0.423 e. The van der Waals surface area contributed by atoms with E-state index in [0.717, 1.165) is 6.07 Å².